The van der Waals surface area contributed by atoms with E-state index in [1.807, 2.05) is 41.3 Å². The number of hydrogen-bond acceptors (Lipinski definition) is 2. The van der Waals surface area contributed by atoms with Gasteiger partial charge in [-0.3, -0.25) is 4.79 Å². The minimum absolute atomic E-state index is 0.0384. The molecular formula is C25H23FN2O. The molecule has 2 atom stereocenters. The van der Waals surface area contributed by atoms with E-state index in [0.717, 1.165) is 28.9 Å². The van der Waals surface area contributed by atoms with Gasteiger partial charge >= 0.3 is 0 Å². The molecule has 1 aliphatic heterocycles. The molecule has 0 radical (unpaired) electrons. The number of para-hydroxylation sites is 2. The Labute approximate surface area is 170 Å². The summed E-state index contributed by atoms with van der Waals surface area (Å²) in [6.45, 7) is 2.07. The van der Waals surface area contributed by atoms with Crippen molar-refractivity contribution in [1.82, 2.24) is 0 Å². The van der Waals surface area contributed by atoms with Crippen LogP contribution in [0, 0.1) is 5.82 Å². The summed E-state index contributed by atoms with van der Waals surface area (Å²) in [5.41, 5.74) is 3.89. The Morgan fingerprint density at radius 1 is 1.00 bits per heavy atom. The van der Waals surface area contributed by atoms with Crippen LogP contribution in [0.4, 0.5) is 15.8 Å². The Kier molecular flexibility index (Phi) is 5.43. The monoisotopic (exact) mass is 386 g/mol. The molecule has 0 unspecified atom stereocenters. The van der Waals surface area contributed by atoms with Crippen LogP contribution in [0.3, 0.4) is 0 Å². The van der Waals surface area contributed by atoms with Gasteiger partial charge in [0.05, 0.1) is 6.04 Å². The molecule has 0 aromatic heterocycles. The number of nitrogens with one attached hydrogen (secondary N) is 1. The Morgan fingerprint density at radius 3 is 2.45 bits per heavy atom. The fourth-order valence-corrected chi connectivity index (χ4v) is 3.84. The second-order valence-corrected chi connectivity index (χ2v) is 7.30. The van der Waals surface area contributed by atoms with Gasteiger partial charge in [0, 0.05) is 23.5 Å². The van der Waals surface area contributed by atoms with Crippen LogP contribution in [0.2, 0.25) is 0 Å². The van der Waals surface area contributed by atoms with Crippen LogP contribution in [-0.4, -0.2) is 11.9 Å². The van der Waals surface area contributed by atoms with E-state index >= 15 is 0 Å². The summed E-state index contributed by atoms with van der Waals surface area (Å²) in [6, 6.07) is 24.4. The van der Waals surface area contributed by atoms with Gasteiger partial charge in [-0.25, -0.2) is 4.39 Å². The molecule has 146 valence electrons. The van der Waals surface area contributed by atoms with Crippen LogP contribution >= 0.6 is 0 Å². The largest absolute Gasteiger partial charge is 0.378 e. The number of nitrogens with zero attached hydrogens (tertiary/aromatic N) is 1. The first-order valence-corrected chi connectivity index (χ1v) is 9.79. The summed E-state index contributed by atoms with van der Waals surface area (Å²) in [6.07, 6.45) is 4.10. The lowest BCUT2D eigenvalue weighted by atomic mass is 9.91. The maximum absolute atomic E-state index is 13.1. The molecule has 1 aliphatic rings. The van der Waals surface area contributed by atoms with Crippen molar-refractivity contribution in [2.45, 2.75) is 25.4 Å². The van der Waals surface area contributed by atoms with Gasteiger partial charge in [0.2, 0.25) is 0 Å². The summed E-state index contributed by atoms with van der Waals surface area (Å²) in [5, 5.41) is 3.60. The molecule has 0 spiro atoms. The van der Waals surface area contributed by atoms with E-state index in [4.69, 9.17) is 0 Å². The van der Waals surface area contributed by atoms with Crippen molar-refractivity contribution in [1.29, 1.82) is 0 Å². The summed E-state index contributed by atoms with van der Waals surface area (Å²) in [4.78, 5) is 14.9. The molecule has 3 nitrogen and oxygen atoms in total. The predicted octanol–water partition coefficient (Wildman–Crippen LogP) is 5.82. The van der Waals surface area contributed by atoms with Crippen LogP contribution in [0.1, 0.15) is 30.5 Å². The zero-order chi connectivity index (χ0) is 20.2. The summed E-state index contributed by atoms with van der Waals surface area (Å²) in [7, 11) is 0. The van der Waals surface area contributed by atoms with E-state index in [1.165, 1.54) is 12.1 Å². The normalized spacial score (nSPS) is 18.5. The lowest BCUT2D eigenvalue weighted by Gasteiger charge is -2.39. The van der Waals surface area contributed by atoms with Crippen molar-refractivity contribution >= 4 is 23.4 Å². The highest BCUT2D eigenvalue weighted by molar-refractivity contribution is 6.05. The molecule has 29 heavy (non-hydrogen) atoms. The molecule has 0 bridgehead atoms. The summed E-state index contributed by atoms with van der Waals surface area (Å²) in [5.74, 6) is -0.364. The summed E-state index contributed by atoms with van der Waals surface area (Å²) < 4.78 is 13.1. The first-order chi connectivity index (χ1) is 14.1. The maximum Gasteiger partial charge on any atom is 0.251 e. The Hall–Kier alpha value is -3.40. The number of carbonyl (C=O) groups excluding carboxylic acids is 1. The topological polar surface area (TPSA) is 32.3 Å². The zero-order valence-electron chi connectivity index (χ0n) is 16.3. The molecule has 4 rings (SSSR count). The van der Waals surface area contributed by atoms with Gasteiger partial charge in [-0.05, 0) is 60.9 Å². The standard InChI is InChI=1S/C25H23FN2O/c1-18-17-23(27-21-7-3-2-4-8-21)22-9-5-6-10-24(22)28(18)25(29)16-13-19-11-14-20(26)15-12-19/h2-16,18,23,27H,17H2,1H3/b16-13+/t18-,23+/m1/s1. The van der Waals surface area contributed by atoms with E-state index in [-0.39, 0.29) is 23.8 Å². The number of fused-ring (bicyclic) bond motifs is 1. The predicted molar refractivity (Wildman–Crippen MR) is 116 cm³/mol. The van der Waals surface area contributed by atoms with E-state index in [2.05, 4.69) is 30.4 Å². The lowest BCUT2D eigenvalue weighted by Crippen LogP contribution is -2.43. The van der Waals surface area contributed by atoms with Crippen LogP contribution in [-0.2, 0) is 4.79 Å². The van der Waals surface area contributed by atoms with Crippen molar-refractivity contribution in [3.63, 3.8) is 0 Å². The molecule has 0 fully saturated rings. The van der Waals surface area contributed by atoms with Crippen molar-refractivity contribution < 1.29 is 9.18 Å². The van der Waals surface area contributed by atoms with Gasteiger partial charge in [-0.15, -0.1) is 0 Å². The Morgan fingerprint density at radius 2 is 1.69 bits per heavy atom. The van der Waals surface area contributed by atoms with Gasteiger partial charge < -0.3 is 10.2 Å². The van der Waals surface area contributed by atoms with Gasteiger partial charge in [0.1, 0.15) is 5.82 Å². The number of rotatable bonds is 4. The average molecular weight is 386 g/mol. The summed E-state index contributed by atoms with van der Waals surface area (Å²) >= 11 is 0. The lowest BCUT2D eigenvalue weighted by molar-refractivity contribution is -0.114. The van der Waals surface area contributed by atoms with E-state index in [9.17, 15) is 9.18 Å². The van der Waals surface area contributed by atoms with Crippen LogP contribution in [0.25, 0.3) is 6.08 Å². The number of anilines is 2. The van der Waals surface area contributed by atoms with Gasteiger partial charge in [-0.1, -0.05) is 48.5 Å². The molecule has 1 heterocycles. The number of hydrogen-bond donors (Lipinski definition) is 1. The molecule has 3 aromatic carbocycles. The number of amides is 1. The van der Waals surface area contributed by atoms with E-state index in [0.29, 0.717) is 0 Å². The highest BCUT2D eigenvalue weighted by Gasteiger charge is 2.32. The van der Waals surface area contributed by atoms with E-state index < -0.39 is 0 Å². The van der Waals surface area contributed by atoms with Gasteiger partial charge in [0.25, 0.3) is 5.91 Å². The first-order valence-electron chi connectivity index (χ1n) is 9.79. The molecule has 3 aromatic rings. The highest BCUT2D eigenvalue weighted by Crippen LogP contribution is 2.39. The number of carbonyl (C=O) groups is 1. The number of halogens is 1. The van der Waals surface area contributed by atoms with Gasteiger partial charge in [0.15, 0.2) is 0 Å². The molecule has 1 N–H and O–H groups in total. The van der Waals surface area contributed by atoms with Crippen molar-refractivity contribution in [3.8, 4) is 0 Å². The van der Waals surface area contributed by atoms with E-state index in [1.54, 1.807) is 24.3 Å². The van der Waals surface area contributed by atoms with Crippen molar-refractivity contribution in [3.05, 3.63) is 102 Å². The fourth-order valence-electron chi connectivity index (χ4n) is 3.84. The first kappa shape index (κ1) is 18.9. The molecule has 1 amide bonds. The third-order valence-electron chi connectivity index (χ3n) is 5.23. The third kappa shape index (κ3) is 4.21. The second kappa shape index (κ2) is 8.31. The second-order valence-electron chi connectivity index (χ2n) is 7.30. The molecule has 0 aliphatic carbocycles. The molecule has 4 heteroatoms. The van der Waals surface area contributed by atoms with Crippen molar-refractivity contribution in [2.24, 2.45) is 0 Å². The molecule has 0 saturated heterocycles. The van der Waals surface area contributed by atoms with Crippen LogP contribution in [0.15, 0.2) is 84.9 Å². The Bertz CT molecular complexity index is 1010. The maximum atomic E-state index is 13.1. The quantitative estimate of drug-likeness (QED) is 0.573. The smallest absolute Gasteiger partial charge is 0.251 e. The average Bonchev–Trinajstić information content (AvgIpc) is 2.74. The molecular weight excluding hydrogens is 363 g/mol. The van der Waals surface area contributed by atoms with Gasteiger partial charge in [-0.2, -0.15) is 0 Å². The van der Waals surface area contributed by atoms with Crippen LogP contribution < -0.4 is 10.2 Å². The minimum Gasteiger partial charge on any atom is -0.378 e. The molecule has 0 saturated carbocycles. The SMILES string of the molecule is C[C@@H]1C[C@H](Nc2ccccc2)c2ccccc2N1C(=O)/C=C/c1ccc(F)cc1. The fraction of sp³-hybridized carbons (Fsp3) is 0.160. The zero-order valence-corrected chi connectivity index (χ0v) is 16.3. The number of benzene rings is 3. The van der Waals surface area contributed by atoms with Crippen LogP contribution in [0.5, 0.6) is 0 Å². The highest BCUT2D eigenvalue weighted by atomic mass is 19.1. The van der Waals surface area contributed by atoms with Crippen molar-refractivity contribution in [2.75, 3.05) is 10.2 Å². The third-order valence-corrected chi connectivity index (χ3v) is 5.23. The minimum atomic E-state index is -0.288. The Balaban J connectivity index is 1.59.